The topological polar surface area (TPSA) is 12.0 Å². The van der Waals surface area contributed by atoms with Gasteiger partial charge >= 0.3 is 0 Å². The molecule has 5 heteroatoms. The molecule has 0 bridgehead atoms. The number of hydrogen-bond acceptors (Lipinski definition) is 1. The minimum absolute atomic E-state index is 0.0997. The van der Waals surface area contributed by atoms with Gasteiger partial charge in [0.1, 0.15) is 5.82 Å². The Bertz CT molecular complexity index is 630. The summed E-state index contributed by atoms with van der Waals surface area (Å²) in [5.74, 6) is 0.0911. The van der Waals surface area contributed by atoms with Gasteiger partial charge in [-0.25, -0.2) is 4.39 Å². The highest BCUT2D eigenvalue weighted by atomic mass is 35.5. The Labute approximate surface area is 138 Å². The van der Waals surface area contributed by atoms with Crippen LogP contribution in [-0.2, 0) is 0 Å². The van der Waals surface area contributed by atoms with E-state index in [1.165, 1.54) is 12.1 Å². The number of anilines is 1. The van der Waals surface area contributed by atoms with Gasteiger partial charge in [-0.1, -0.05) is 46.9 Å². The van der Waals surface area contributed by atoms with Gasteiger partial charge in [0, 0.05) is 5.02 Å². The van der Waals surface area contributed by atoms with Gasteiger partial charge in [-0.15, -0.1) is 0 Å². The van der Waals surface area contributed by atoms with Crippen LogP contribution in [0.5, 0.6) is 0 Å². The van der Waals surface area contributed by atoms with Gasteiger partial charge in [-0.3, -0.25) is 0 Å². The third-order valence-corrected chi connectivity index (χ3v) is 4.48. The first-order valence-electron chi connectivity index (χ1n) is 6.71. The summed E-state index contributed by atoms with van der Waals surface area (Å²) >= 11 is 18.2. The highest BCUT2D eigenvalue weighted by Crippen LogP contribution is 2.45. The molecule has 1 N–H and O–H groups in total. The highest BCUT2D eigenvalue weighted by molar-refractivity contribution is 6.39. The van der Waals surface area contributed by atoms with Crippen LogP contribution in [0.2, 0.25) is 15.1 Å². The van der Waals surface area contributed by atoms with E-state index in [4.69, 9.17) is 34.8 Å². The molecule has 21 heavy (non-hydrogen) atoms. The zero-order valence-electron chi connectivity index (χ0n) is 11.0. The lowest BCUT2D eigenvalue weighted by Gasteiger charge is -2.22. The summed E-state index contributed by atoms with van der Waals surface area (Å²) in [5.41, 5.74) is 1.70. The van der Waals surface area contributed by atoms with E-state index in [2.05, 4.69) is 5.32 Å². The molecule has 2 aromatic rings. The number of nitrogens with one attached hydrogen (secondary N) is 1. The third-order valence-electron chi connectivity index (χ3n) is 3.63. The predicted molar refractivity (Wildman–Crippen MR) is 87.0 cm³/mol. The Balaban J connectivity index is 1.91. The molecule has 1 unspecified atom stereocenters. The van der Waals surface area contributed by atoms with Gasteiger partial charge in [0.05, 0.1) is 21.8 Å². The van der Waals surface area contributed by atoms with Crippen LogP contribution in [0, 0.1) is 11.7 Å². The van der Waals surface area contributed by atoms with E-state index in [1.54, 1.807) is 0 Å². The number of benzene rings is 2. The SMILES string of the molecule is Fc1cc(Cl)c(NC(c2ccc(Cl)cc2)C2CC2)c(Cl)c1. The monoisotopic (exact) mass is 343 g/mol. The van der Waals surface area contributed by atoms with E-state index in [0.29, 0.717) is 26.7 Å². The minimum atomic E-state index is -0.440. The van der Waals surface area contributed by atoms with Crippen LogP contribution >= 0.6 is 34.8 Å². The Morgan fingerprint density at radius 3 is 2.10 bits per heavy atom. The molecule has 0 amide bonds. The summed E-state index contributed by atoms with van der Waals surface area (Å²) in [5, 5.41) is 4.65. The molecular weight excluding hydrogens is 332 g/mol. The molecule has 1 aliphatic carbocycles. The van der Waals surface area contributed by atoms with Crippen LogP contribution < -0.4 is 5.32 Å². The molecule has 0 spiro atoms. The van der Waals surface area contributed by atoms with Crippen molar-refractivity contribution >= 4 is 40.5 Å². The van der Waals surface area contributed by atoms with Crippen molar-refractivity contribution in [2.45, 2.75) is 18.9 Å². The molecule has 0 aliphatic heterocycles. The molecule has 1 fully saturated rings. The van der Waals surface area contributed by atoms with Crippen LogP contribution in [-0.4, -0.2) is 0 Å². The molecule has 0 heterocycles. The second-order valence-electron chi connectivity index (χ2n) is 5.26. The van der Waals surface area contributed by atoms with E-state index in [-0.39, 0.29) is 6.04 Å². The third kappa shape index (κ3) is 3.45. The lowest BCUT2D eigenvalue weighted by atomic mass is 10.0. The van der Waals surface area contributed by atoms with Crippen LogP contribution in [0.15, 0.2) is 36.4 Å². The van der Waals surface area contributed by atoms with Crippen molar-refractivity contribution in [3.05, 3.63) is 62.8 Å². The van der Waals surface area contributed by atoms with E-state index in [9.17, 15) is 4.39 Å². The number of halogens is 4. The zero-order chi connectivity index (χ0) is 15.0. The molecule has 0 saturated heterocycles. The van der Waals surface area contributed by atoms with Gasteiger partial charge in [-0.2, -0.15) is 0 Å². The molecule has 1 saturated carbocycles. The van der Waals surface area contributed by atoms with Crippen molar-refractivity contribution in [2.75, 3.05) is 5.32 Å². The Morgan fingerprint density at radius 2 is 1.57 bits per heavy atom. The summed E-state index contributed by atoms with van der Waals surface area (Å²) in [6.07, 6.45) is 2.30. The van der Waals surface area contributed by atoms with Crippen LogP contribution in [0.25, 0.3) is 0 Å². The fraction of sp³-hybridized carbons (Fsp3) is 0.250. The van der Waals surface area contributed by atoms with Crippen molar-refractivity contribution in [3.8, 4) is 0 Å². The molecule has 0 aromatic heterocycles. The second-order valence-corrected chi connectivity index (χ2v) is 6.51. The smallest absolute Gasteiger partial charge is 0.126 e. The number of hydrogen-bond donors (Lipinski definition) is 1. The maximum atomic E-state index is 13.3. The molecule has 110 valence electrons. The first kappa shape index (κ1) is 15.0. The Morgan fingerprint density at radius 1 is 1.00 bits per heavy atom. The van der Waals surface area contributed by atoms with Crippen LogP contribution in [0.4, 0.5) is 10.1 Å². The maximum absolute atomic E-state index is 13.3. The lowest BCUT2D eigenvalue weighted by molar-refractivity contribution is 0.627. The van der Waals surface area contributed by atoms with Crippen molar-refractivity contribution in [2.24, 2.45) is 5.92 Å². The van der Waals surface area contributed by atoms with Crippen molar-refractivity contribution < 1.29 is 4.39 Å². The fourth-order valence-corrected chi connectivity index (χ4v) is 3.10. The largest absolute Gasteiger partial charge is 0.376 e. The molecule has 1 nitrogen and oxygen atoms in total. The van der Waals surface area contributed by atoms with Crippen molar-refractivity contribution in [1.29, 1.82) is 0 Å². The molecule has 3 rings (SSSR count). The fourth-order valence-electron chi connectivity index (χ4n) is 2.41. The Kier molecular flexibility index (Phi) is 4.30. The van der Waals surface area contributed by atoms with Crippen LogP contribution in [0.3, 0.4) is 0 Å². The normalized spacial score (nSPS) is 15.8. The predicted octanol–water partition coefficient (Wildman–Crippen LogP) is 6.35. The van der Waals surface area contributed by atoms with Gasteiger partial charge < -0.3 is 5.32 Å². The average molecular weight is 345 g/mol. The molecule has 1 aliphatic rings. The van der Waals surface area contributed by atoms with Crippen LogP contribution in [0.1, 0.15) is 24.4 Å². The minimum Gasteiger partial charge on any atom is -0.376 e. The standard InChI is InChI=1S/C16H13Cl3FN/c17-11-5-3-10(4-6-11)15(9-1-2-9)21-16-13(18)7-12(20)8-14(16)19/h3-9,15,21H,1-2H2. The highest BCUT2D eigenvalue weighted by Gasteiger charge is 2.33. The maximum Gasteiger partial charge on any atom is 0.126 e. The van der Waals surface area contributed by atoms with Gasteiger partial charge in [-0.05, 0) is 48.6 Å². The Hall–Kier alpha value is -0.960. The average Bonchev–Trinajstić information content (AvgIpc) is 3.24. The zero-order valence-corrected chi connectivity index (χ0v) is 13.3. The summed E-state index contributed by atoms with van der Waals surface area (Å²) in [7, 11) is 0. The van der Waals surface area contributed by atoms with Gasteiger partial charge in [0.2, 0.25) is 0 Å². The second kappa shape index (κ2) is 6.04. The van der Waals surface area contributed by atoms with Gasteiger partial charge in [0.15, 0.2) is 0 Å². The summed E-state index contributed by atoms with van der Waals surface area (Å²) in [6.45, 7) is 0. The van der Waals surface area contributed by atoms with E-state index in [1.807, 2.05) is 24.3 Å². The molecule has 1 atom stereocenters. The van der Waals surface area contributed by atoms with E-state index in [0.717, 1.165) is 18.4 Å². The van der Waals surface area contributed by atoms with Crippen molar-refractivity contribution in [1.82, 2.24) is 0 Å². The molecular formula is C16H13Cl3FN. The van der Waals surface area contributed by atoms with Gasteiger partial charge in [0.25, 0.3) is 0 Å². The lowest BCUT2D eigenvalue weighted by Crippen LogP contribution is -2.13. The van der Waals surface area contributed by atoms with E-state index >= 15 is 0 Å². The van der Waals surface area contributed by atoms with E-state index < -0.39 is 5.82 Å². The number of rotatable bonds is 4. The summed E-state index contributed by atoms with van der Waals surface area (Å²) < 4.78 is 13.3. The first-order chi connectivity index (χ1) is 10.0. The van der Waals surface area contributed by atoms with Crippen molar-refractivity contribution in [3.63, 3.8) is 0 Å². The summed E-state index contributed by atoms with van der Waals surface area (Å²) in [4.78, 5) is 0. The molecule has 2 aromatic carbocycles. The summed E-state index contributed by atoms with van der Waals surface area (Å²) in [6, 6.07) is 10.3. The first-order valence-corrected chi connectivity index (χ1v) is 7.84. The quantitative estimate of drug-likeness (QED) is 0.681. The molecule has 0 radical (unpaired) electrons.